The number of rotatable bonds is 7. The molecule has 0 fully saturated rings. The van der Waals surface area contributed by atoms with Crippen LogP contribution in [0.15, 0.2) is 18.2 Å². The Balaban J connectivity index is 3.16. The normalized spacial score (nSPS) is 11.1. The molecule has 0 N–H and O–H groups in total. The summed E-state index contributed by atoms with van der Waals surface area (Å²) >= 11 is 0. The minimum Gasteiger partial charge on any atom is -0.309 e. The van der Waals surface area contributed by atoms with E-state index in [0.717, 1.165) is 6.07 Å². The lowest BCUT2D eigenvalue weighted by molar-refractivity contribution is -0.385. The molecule has 1 rings (SSSR count). The third-order valence-electron chi connectivity index (χ3n) is 2.43. The van der Waals surface area contributed by atoms with Gasteiger partial charge in [-0.2, -0.15) is 5.26 Å². The van der Waals surface area contributed by atoms with Crippen molar-refractivity contribution in [2.45, 2.75) is 20.0 Å². The van der Waals surface area contributed by atoms with Crippen molar-refractivity contribution in [3.8, 4) is 6.07 Å². The van der Waals surface area contributed by atoms with E-state index in [1.54, 1.807) is 13.8 Å². The minimum absolute atomic E-state index is 0.170. The lowest BCUT2D eigenvalue weighted by Crippen LogP contribution is -2.02. The van der Waals surface area contributed by atoms with Crippen LogP contribution in [0.1, 0.15) is 25.0 Å². The van der Waals surface area contributed by atoms with Crippen LogP contribution >= 0.6 is 7.60 Å². The summed E-state index contributed by atoms with van der Waals surface area (Å²) in [4.78, 5) is 10.4. The second kappa shape index (κ2) is 7.15. The first kappa shape index (κ1) is 16.3. The second-order valence-electron chi connectivity index (χ2n) is 3.82. The van der Waals surface area contributed by atoms with Gasteiger partial charge in [0.1, 0.15) is 0 Å². The molecule has 0 radical (unpaired) electrons. The van der Waals surface area contributed by atoms with Gasteiger partial charge in [0, 0.05) is 11.6 Å². The van der Waals surface area contributed by atoms with Crippen molar-refractivity contribution in [1.29, 1.82) is 5.26 Å². The van der Waals surface area contributed by atoms with Gasteiger partial charge in [-0.3, -0.25) is 14.7 Å². The molecule has 1 aromatic rings. The van der Waals surface area contributed by atoms with Crippen LogP contribution < -0.4 is 0 Å². The molecule has 0 aliphatic rings. The molecule has 0 amide bonds. The van der Waals surface area contributed by atoms with Crippen LogP contribution in [-0.2, 0) is 19.8 Å². The van der Waals surface area contributed by atoms with Crippen LogP contribution in [0.5, 0.6) is 0 Å². The second-order valence-corrected chi connectivity index (χ2v) is 5.87. The molecule has 8 heteroatoms. The van der Waals surface area contributed by atoms with Crippen LogP contribution in [-0.4, -0.2) is 18.1 Å². The van der Waals surface area contributed by atoms with Crippen LogP contribution in [0.4, 0.5) is 5.69 Å². The molecule has 20 heavy (non-hydrogen) atoms. The van der Waals surface area contributed by atoms with E-state index in [1.165, 1.54) is 12.1 Å². The Morgan fingerprint density at radius 2 is 1.95 bits per heavy atom. The number of nitrogens with zero attached hydrogens (tertiary/aromatic N) is 2. The fraction of sp³-hybridized carbons (Fsp3) is 0.417. The molecule has 0 saturated heterocycles. The maximum Gasteiger partial charge on any atom is 0.335 e. The average molecular weight is 298 g/mol. The highest BCUT2D eigenvalue weighted by molar-refractivity contribution is 7.53. The van der Waals surface area contributed by atoms with Crippen molar-refractivity contribution in [2.75, 3.05) is 13.2 Å². The molecule has 0 saturated carbocycles. The smallest absolute Gasteiger partial charge is 0.309 e. The van der Waals surface area contributed by atoms with Gasteiger partial charge in [-0.05, 0) is 19.9 Å². The van der Waals surface area contributed by atoms with Crippen molar-refractivity contribution in [2.24, 2.45) is 0 Å². The van der Waals surface area contributed by atoms with Gasteiger partial charge < -0.3 is 9.05 Å². The van der Waals surface area contributed by atoms with Gasteiger partial charge in [-0.25, -0.2) is 0 Å². The van der Waals surface area contributed by atoms with Gasteiger partial charge in [0.15, 0.2) is 0 Å². The molecular formula is C12H15N2O5P. The first-order chi connectivity index (χ1) is 9.45. The zero-order chi connectivity index (χ0) is 15.2. The van der Waals surface area contributed by atoms with E-state index in [9.17, 15) is 14.7 Å². The summed E-state index contributed by atoms with van der Waals surface area (Å²) in [6.07, 6.45) is -0.198. The van der Waals surface area contributed by atoms with Crippen LogP contribution in [0.25, 0.3) is 0 Å². The summed E-state index contributed by atoms with van der Waals surface area (Å²) in [6, 6.07) is 5.82. The predicted octanol–water partition coefficient (Wildman–Crippen LogP) is 3.23. The third-order valence-corrected chi connectivity index (χ3v) is 4.46. The Hall–Kier alpha value is -1.74. The summed E-state index contributed by atoms with van der Waals surface area (Å²) in [5.74, 6) is 0. The van der Waals surface area contributed by atoms with E-state index in [1.807, 2.05) is 6.07 Å². The molecule has 0 heterocycles. The Kier molecular flexibility index (Phi) is 5.83. The minimum atomic E-state index is -3.42. The maximum absolute atomic E-state index is 12.4. The molecule has 0 aromatic heterocycles. The molecular weight excluding hydrogens is 283 g/mol. The fourth-order valence-electron chi connectivity index (χ4n) is 1.67. The first-order valence-electron chi connectivity index (χ1n) is 6.01. The molecule has 0 atom stereocenters. The molecule has 0 aliphatic carbocycles. The van der Waals surface area contributed by atoms with Gasteiger partial charge in [-0.15, -0.1) is 0 Å². The van der Waals surface area contributed by atoms with Crippen molar-refractivity contribution in [1.82, 2.24) is 0 Å². The van der Waals surface area contributed by atoms with E-state index >= 15 is 0 Å². The summed E-state index contributed by atoms with van der Waals surface area (Å²) in [5, 5.41) is 19.8. The Bertz CT molecular complexity index is 572. The van der Waals surface area contributed by atoms with Crippen molar-refractivity contribution in [3.63, 3.8) is 0 Å². The molecule has 0 unspecified atom stereocenters. The summed E-state index contributed by atoms with van der Waals surface area (Å²) in [6.45, 7) is 3.69. The number of nitro benzene ring substituents is 1. The van der Waals surface area contributed by atoms with Crippen LogP contribution in [0.2, 0.25) is 0 Å². The highest BCUT2D eigenvalue weighted by Gasteiger charge is 2.28. The number of hydrogen-bond acceptors (Lipinski definition) is 6. The average Bonchev–Trinajstić information content (AvgIpc) is 2.39. The summed E-state index contributed by atoms with van der Waals surface area (Å²) < 4.78 is 22.6. The van der Waals surface area contributed by atoms with E-state index in [4.69, 9.17) is 14.3 Å². The number of nitriles is 1. The first-order valence-corrected chi connectivity index (χ1v) is 7.74. The van der Waals surface area contributed by atoms with E-state index in [-0.39, 0.29) is 36.2 Å². The Labute approximate surface area is 116 Å². The standard InChI is InChI=1S/C12H15N2O5P/c1-3-18-20(17,19-4-2)9-11-6-5-10(8-13)7-12(11)14(15)16/h5-7H,3-4,9H2,1-2H3. The van der Waals surface area contributed by atoms with Gasteiger partial charge >= 0.3 is 7.60 Å². The lowest BCUT2D eigenvalue weighted by atomic mass is 10.1. The van der Waals surface area contributed by atoms with E-state index < -0.39 is 12.5 Å². The molecule has 0 aliphatic heterocycles. The molecule has 0 bridgehead atoms. The monoisotopic (exact) mass is 298 g/mol. The quantitative estimate of drug-likeness (QED) is 0.435. The molecule has 1 aromatic carbocycles. The van der Waals surface area contributed by atoms with Crippen molar-refractivity contribution >= 4 is 13.3 Å². The van der Waals surface area contributed by atoms with Gasteiger partial charge in [0.25, 0.3) is 5.69 Å². The number of benzene rings is 1. The van der Waals surface area contributed by atoms with Gasteiger partial charge in [0.2, 0.25) is 0 Å². The molecule has 108 valence electrons. The fourth-order valence-corrected chi connectivity index (χ4v) is 3.40. The maximum atomic E-state index is 12.4. The zero-order valence-corrected chi connectivity index (χ0v) is 12.1. The SMILES string of the molecule is CCOP(=O)(Cc1ccc(C#N)cc1[N+](=O)[O-])OCC. The lowest BCUT2D eigenvalue weighted by Gasteiger charge is -2.16. The zero-order valence-electron chi connectivity index (χ0n) is 11.2. The predicted molar refractivity (Wildman–Crippen MR) is 72.4 cm³/mol. The molecule has 0 spiro atoms. The van der Waals surface area contributed by atoms with Gasteiger partial charge in [0.05, 0.1) is 35.9 Å². The van der Waals surface area contributed by atoms with Crippen LogP contribution in [0.3, 0.4) is 0 Å². The largest absolute Gasteiger partial charge is 0.335 e. The van der Waals surface area contributed by atoms with Crippen LogP contribution in [0, 0.1) is 21.4 Å². The summed E-state index contributed by atoms with van der Waals surface area (Å²) in [7, 11) is -3.42. The topological polar surface area (TPSA) is 102 Å². The van der Waals surface area contributed by atoms with Crippen molar-refractivity contribution in [3.05, 3.63) is 39.4 Å². The number of nitro groups is 1. The molecule has 7 nitrogen and oxygen atoms in total. The van der Waals surface area contributed by atoms with Gasteiger partial charge in [-0.1, -0.05) is 6.07 Å². The Morgan fingerprint density at radius 3 is 2.40 bits per heavy atom. The Morgan fingerprint density at radius 1 is 1.35 bits per heavy atom. The highest BCUT2D eigenvalue weighted by Crippen LogP contribution is 2.52. The van der Waals surface area contributed by atoms with E-state index in [0.29, 0.717) is 0 Å². The van der Waals surface area contributed by atoms with E-state index in [2.05, 4.69) is 0 Å². The highest BCUT2D eigenvalue weighted by atomic mass is 31.2. The summed E-state index contributed by atoms with van der Waals surface area (Å²) in [5.41, 5.74) is 0.131. The third kappa shape index (κ3) is 4.14. The number of hydrogen-bond donors (Lipinski definition) is 0. The van der Waals surface area contributed by atoms with Crippen molar-refractivity contribution < 1.29 is 18.5 Å².